The van der Waals surface area contributed by atoms with Gasteiger partial charge in [0.25, 0.3) is 0 Å². The molecule has 18 heavy (non-hydrogen) atoms. The first-order valence-electron chi connectivity index (χ1n) is 6.30. The molecule has 94 valence electrons. The lowest BCUT2D eigenvalue weighted by Crippen LogP contribution is -2.30. The zero-order chi connectivity index (χ0) is 12.4. The van der Waals surface area contributed by atoms with Crippen molar-refractivity contribution in [2.75, 3.05) is 6.61 Å². The molecule has 0 spiro atoms. The van der Waals surface area contributed by atoms with Gasteiger partial charge in [-0.2, -0.15) is 5.10 Å². The van der Waals surface area contributed by atoms with Crippen LogP contribution in [-0.2, 0) is 4.74 Å². The Morgan fingerprint density at radius 2 is 2.11 bits per heavy atom. The molecular weight excluding hydrogens is 226 g/mol. The van der Waals surface area contributed by atoms with Crippen molar-refractivity contribution in [1.82, 2.24) is 9.78 Å². The van der Waals surface area contributed by atoms with E-state index in [2.05, 4.69) is 5.10 Å². The number of rotatable bonds is 2. The smallest absolute Gasteiger partial charge is 0.0870 e. The summed E-state index contributed by atoms with van der Waals surface area (Å²) in [6.45, 7) is 0.738. The van der Waals surface area contributed by atoms with E-state index in [-0.39, 0.29) is 12.1 Å². The van der Waals surface area contributed by atoms with Crippen LogP contribution in [0, 0.1) is 0 Å². The van der Waals surface area contributed by atoms with Crippen LogP contribution in [0.2, 0.25) is 0 Å². The number of nitrogens with zero attached hydrogens (tertiary/aromatic N) is 2. The first kappa shape index (κ1) is 11.4. The highest BCUT2D eigenvalue weighted by Gasteiger charge is 2.22. The molecule has 2 aromatic rings. The molecule has 1 aromatic heterocycles. The Morgan fingerprint density at radius 1 is 1.28 bits per heavy atom. The summed E-state index contributed by atoms with van der Waals surface area (Å²) < 4.78 is 7.62. The molecule has 4 nitrogen and oxygen atoms in total. The third-order valence-corrected chi connectivity index (χ3v) is 3.32. The fraction of sp³-hybridized carbons (Fsp3) is 0.357. The van der Waals surface area contributed by atoms with E-state index in [0.717, 1.165) is 30.7 Å². The number of nitrogens with two attached hydrogens (primary N) is 1. The summed E-state index contributed by atoms with van der Waals surface area (Å²) in [4.78, 5) is 0. The van der Waals surface area contributed by atoms with Crippen molar-refractivity contribution in [3.05, 3.63) is 48.3 Å². The number of para-hydroxylation sites is 1. The van der Waals surface area contributed by atoms with Gasteiger partial charge in [-0.3, -0.25) is 0 Å². The maximum absolute atomic E-state index is 5.97. The van der Waals surface area contributed by atoms with E-state index >= 15 is 0 Å². The second-order valence-corrected chi connectivity index (χ2v) is 4.70. The molecule has 1 saturated heterocycles. The van der Waals surface area contributed by atoms with Crippen LogP contribution in [0.25, 0.3) is 5.69 Å². The molecule has 1 fully saturated rings. The number of hydrogen-bond donors (Lipinski definition) is 1. The van der Waals surface area contributed by atoms with E-state index < -0.39 is 0 Å². The molecule has 1 aliphatic rings. The van der Waals surface area contributed by atoms with Crippen molar-refractivity contribution < 1.29 is 4.74 Å². The predicted octanol–water partition coefficient (Wildman–Crippen LogP) is 2.05. The highest BCUT2D eigenvalue weighted by atomic mass is 16.5. The second kappa shape index (κ2) is 4.92. The van der Waals surface area contributed by atoms with Gasteiger partial charge in [0.1, 0.15) is 0 Å². The van der Waals surface area contributed by atoms with Gasteiger partial charge in [-0.25, -0.2) is 4.68 Å². The van der Waals surface area contributed by atoms with E-state index in [4.69, 9.17) is 10.5 Å². The first-order chi connectivity index (χ1) is 8.83. The van der Waals surface area contributed by atoms with Crippen molar-refractivity contribution in [3.8, 4) is 5.69 Å². The van der Waals surface area contributed by atoms with Crippen LogP contribution in [0.4, 0.5) is 0 Å². The fourth-order valence-corrected chi connectivity index (χ4v) is 2.28. The lowest BCUT2D eigenvalue weighted by molar-refractivity contribution is 0.00666. The molecule has 0 amide bonds. The Kier molecular flexibility index (Phi) is 3.13. The van der Waals surface area contributed by atoms with Crippen molar-refractivity contribution in [1.29, 1.82) is 0 Å². The third-order valence-electron chi connectivity index (χ3n) is 3.32. The number of ether oxygens (including phenoxy) is 1. The number of hydrogen-bond acceptors (Lipinski definition) is 3. The molecule has 2 atom stereocenters. The molecule has 0 saturated carbocycles. The average Bonchev–Trinajstić information content (AvgIpc) is 2.89. The van der Waals surface area contributed by atoms with Crippen molar-refractivity contribution in [2.45, 2.75) is 25.0 Å². The van der Waals surface area contributed by atoms with Gasteiger partial charge in [0, 0.05) is 24.4 Å². The monoisotopic (exact) mass is 243 g/mol. The quantitative estimate of drug-likeness (QED) is 0.878. The van der Waals surface area contributed by atoms with Gasteiger partial charge in [-0.15, -0.1) is 0 Å². The zero-order valence-corrected chi connectivity index (χ0v) is 10.2. The van der Waals surface area contributed by atoms with Crippen LogP contribution in [-0.4, -0.2) is 22.4 Å². The van der Waals surface area contributed by atoms with E-state index in [0.29, 0.717) is 0 Å². The third kappa shape index (κ3) is 2.30. The van der Waals surface area contributed by atoms with E-state index in [9.17, 15) is 0 Å². The lowest BCUT2D eigenvalue weighted by Gasteiger charge is -2.26. The SMILES string of the molecule is NC1CCOC(c2cnn(-c3ccccc3)c2)C1. The summed E-state index contributed by atoms with van der Waals surface area (Å²) >= 11 is 0. The van der Waals surface area contributed by atoms with Crippen LogP contribution in [0.3, 0.4) is 0 Å². The van der Waals surface area contributed by atoms with Crippen LogP contribution in [0.1, 0.15) is 24.5 Å². The van der Waals surface area contributed by atoms with E-state index in [1.54, 1.807) is 0 Å². The number of benzene rings is 1. The summed E-state index contributed by atoms with van der Waals surface area (Å²) in [5, 5.41) is 4.38. The zero-order valence-electron chi connectivity index (χ0n) is 10.2. The Morgan fingerprint density at radius 3 is 2.89 bits per heavy atom. The minimum atomic E-state index is 0.0891. The van der Waals surface area contributed by atoms with Crippen LogP contribution in [0.15, 0.2) is 42.7 Å². The highest BCUT2D eigenvalue weighted by molar-refractivity contribution is 5.31. The molecule has 0 aliphatic carbocycles. The van der Waals surface area contributed by atoms with Gasteiger partial charge in [-0.05, 0) is 25.0 Å². The molecule has 2 unspecified atom stereocenters. The Labute approximate surface area is 106 Å². The molecule has 1 aromatic carbocycles. The topological polar surface area (TPSA) is 53.1 Å². The lowest BCUT2D eigenvalue weighted by atomic mass is 10.0. The van der Waals surface area contributed by atoms with Crippen molar-refractivity contribution in [2.24, 2.45) is 5.73 Å². The van der Waals surface area contributed by atoms with Gasteiger partial charge >= 0.3 is 0 Å². The largest absolute Gasteiger partial charge is 0.373 e. The minimum absolute atomic E-state index is 0.0891. The summed E-state index contributed by atoms with van der Waals surface area (Å²) in [7, 11) is 0. The summed E-state index contributed by atoms with van der Waals surface area (Å²) in [5.74, 6) is 0. The van der Waals surface area contributed by atoms with Gasteiger partial charge in [0.2, 0.25) is 0 Å². The highest BCUT2D eigenvalue weighted by Crippen LogP contribution is 2.27. The van der Waals surface area contributed by atoms with Crippen LogP contribution < -0.4 is 5.73 Å². The van der Waals surface area contributed by atoms with E-state index in [1.165, 1.54) is 0 Å². The maximum Gasteiger partial charge on any atom is 0.0870 e. The second-order valence-electron chi connectivity index (χ2n) is 4.70. The van der Waals surface area contributed by atoms with E-state index in [1.807, 2.05) is 47.4 Å². The molecule has 2 N–H and O–H groups in total. The summed E-state index contributed by atoms with van der Waals surface area (Å²) in [6.07, 6.45) is 5.81. The molecule has 2 heterocycles. The van der Waals surface area contributed by atoms with Gasteiger partial charge < -0.3 is 10.5 Å². The molecule has 3 rings (SSSR count). The number of aromatic nitrogens is 2. The molecule has 1 aliphatic heterocycles. The Balaban J connectivity index is 1.81. The first-order valence-corrected chi connectivity index (χ1v) is 6.30. The molecule has 0 bridgehead atoms. The molecule has 0 radical (unpaired) electrons. The standard InChI is InChI=1S/C14H17N3O/c15-12-6-7-18-14(8-12)11-9-16-17(10-11)13-4-2-1-3-5-13/h1-5,9-10,12,14H,6-8,15H2. The fourth-order valence-electron chi connectivity index (χ4n) is 2.28. The van der Waals surface area contributed by atoms with Crippen LogP contribution >= 0.6 is 0 Å². The maximum atomic E-state index is 5.97. The molecular formula is C14H17N3O. The van der Waals surface area contributed by atoms with Crippen molar-refractivity contribution in [3.63, 3.8) is 0 Å². The Hall–Kier alpha value is -1.65. The van der Waals surface area contributed by atoms with Gasteiger partial charge in [0.05, 0.1) is 18.0 Å². The van der Waals surface area contributed by atoms with Gasteiger partial charge in [-0.1, -0.05) is 18.2 Å². The normalized spacial score (nSPS) is 24.1. The van der Waals surface area contributed by atoms with Crippen molar-refractivity contribution >= 4 is 0 Å². The van der Waals surface area contributed by atoms with Gasteiger partial charge in [0.15, 0.2) is 0 Å². The molecule has 4 heteroatoms. The summed E-state index contributed by atoms with van der Waals surface area (Å²) in [6, 6.07) is 10.3. The predicted molar refractivity (Wildman–Crippen MR) is 69.5 cm³/mol. The average molecular weight is 243 g/mol. The summed E-state index contributed by atoms with van der Waals surface area (Å²) in [5.41, 5.74) is 8.14. The minimum Gasteiger partial charge on any atom is -0.373 e. The van der Waals surface area contributed by atoms with Crippen LogP contribution in [0.5, 0.6) is 0 Å². The Bertz CT molecular complexity index is 509.